The van der Waals surface area contributed by atoms with Crippen molar-refractivity contribution in [2.45, 2.75) is 19.4 Å². The van der Waals surface area contributed by atoms with E-state index in [4.69, 9.17) is 10.2 Å². The minimum absolute atomic E-state index is 0.287. The average Bonchev–Trinajstić information content (AvgIpc) is 2.83. The molecule has 1 aromatic carbocycles. The fourth-order valence-electron chi connectivity index (χ4n) is 2.29. The summed E-state index contributed by atoms with van der Waals surface area (Å²) in [5, 5.41) is 1.18. The summed E-state index contributed by atoms with van der Waals surface area (Å²) in [6.45, 7) is 4.00. The minimum Gasteiger partial charge on any atom is -0.441 e. The first kappa shape index (κ1) is 9.73. The van der Waals surface area contributed by atoms with Gasteiger partial charge in [-0.1, -0.05) is 11.6 Å². The molecule has 1 fully saturated rings. The molecule has 1 aliphatic heterocycles. The molecule has 3 nitrogen and oxygen atoms in total. The zero-order valence-electron chi connectivity index (χ0n) is 9.44. The van der Waals surface area contributed by atoms with Crippen LogP contribution in [0.1, 0.15) is 12.0 Å². The summed E-state index contributed by atoms with van der Waals surface area (Å²) in [7, 11) is 0. The van der Waals surface area contributed by atoms with Crippen LogP contribution >= 0.6 is 0 Å². The molecule has 0 bridgehead atoms. The van der Waals surface area contributed by atoms with E-state index in [1.54, 1.807) is 0 Å². The molecule has 2 N–H and O–H groups in total. The highest BCUT2D eigenvalue weighted by molar-refractivity contribution is 5.81. The molecule has 0 aliphatic carbocycles. The lowest BCUT2D eigenvalue weighted by Gasteiger charge is -2.13. The van der Waals surface area contributed by atoms with Crippen molar-refractivity contribution in [2.75, 3.05) is 18.0 Å². The van der Waals surface area contributed by atoms with Crippen LogP contribution in [-0.4, -0.2) is 19.1 Å². The van der Waals surface area contributed by atoms with E-state index in [0.29, 0.717) is 0 Å². The number of furan rings is 1. The Morgan fingerprint density at radius 3 is 3.00 bits per heavy atom. The number of fused-ring (bicyclic) bond motifs is 1. The number of rotatable bonds is 1. The maximum atomic E-state index is 5.90. The lowest BCUT2D eigenvalue weighted by atomic mass is 10.2. The maximum Gasteiger partial charge on any atom is 0.196 e. The number of benzene rings is 1. The third-order valence-corrected chi connectivity index (χ3v) is 3.20. The van der Waals surface area contributed by atoms with E-state index in [-0.39, 0.29) is 6.04 Å². The summed E-state index contributed by atoms with van der Waals surface area (Å²) < 4.78 is 5.83. The van der Waals surface area contributed by atoms with Gasteiger partial charge in [-0.25, -0.2) is 0 Å². The molecule has 2 heterocycles. The van der Waals surface area contributed by atoms with Crippen molar-refractivity contribution in [3.63, 3.8) is 0 Å². The van der Waals surface area contributed by atoms with Gasteiger partial charge in [-0.3, -0.25) is 0 Å². The number of nitrogens with zero attached hydrogens (tertiary/aromatic N) is 1. The Morgan fingerprint density at radius 2 is 2.25 bits per heavy atom. The Balaban J connectivity index is 1.99. The first-order chi connectivity index (χ1) is 7.72. The third kappa shape index (κ3) is 1.57. The largest absolute Gasteiger partial charge is 0.441 e. The van der Waals surface area contributed by atoms with Crippen molar-refractivity contribution in [1.82, 2.24) is 0 Å². The van der Waals surface area contributed by atoms with Crippen molar-refractivity contribution in [3.8, 4) is 0 Å². The van der Waals surface area contributed by atoms with E-state index in [9.17, 15) is 0 Å². The fraction of sp³-hybridized carbons (Fsp3) is 0.385. The van der Waals surface area contributed by atoms with Crippen LogP contribution in [0.2, 0.25) is 0 Å². The van der Waals surface area contributed by atoms with Gasteiger partial charge in [0.15, 0.2) is 5.88 Å². The van der Waals surface area contributed by atoms with Crippen molar-refractivity contribution >= 4 is 16.9 Å². The molecule has 0 amide bonds. The van der Waals surface area contributed by atoms with Crippen LogP contribution in [0, 0.1) is 6.92 Å². The second kappa shape index (κ2) is 3.52. The molecule has 2 aromatic rings. The molecule has 0 spiro atoms. The monoisotopic (exact) mass is 216 g/mol. The highest BCUT2D eigenvalue weighted by Gasteiger charge is 2.21. The smallest absolute Gasteiger partial charge is 0.196 e. The van der Waals surface area contributed by atoms with Gasteiger partial charge in [0.1, 0.15) is 5.58 Å². The van der Waals surface area contributed by atoms with Gasteiger partial charge in [-0.05, 0) is 25.5 Å². The molecule has 0 saturated carbocycles. The molecule has 16 heavy (non-hydrogen) atoms. The summed E-state index contributed by atoms with van der Waals surface area (Å²) in [6, 6.07) is 8.66. The zero-order valence-corrected chi connectivity index (χ0v) is 9.44. The highest BCUT2D eigenvalue weighted by atomic mass is 16.4. The molecule has 3 heteroatoms. The normalized spacial score (nSPS) is 20.9. The number of hydrogen-bond donors (Lipinski definition) is 1. The van der Waals surface area contributed by atoms with Crippen LogP contribution in [-0.2, 0) is 0 Å². The highest BCUT2D eigenvalue weighted by Crippen LogP contribution is 2.28. The predicted molar refractivity (Wildman–Crippen MR) is 65.8 cm³/mol. The molecular weight excluding hydrogens is 200 g/mol. The van der Waals surface area contributed by atoms with E-state index in [1.807, 2.05) is 6.07 Å². The molecule has 3 rings (SSSR count). The molecule has 0 radical (unpaired) electrons. The van der Waals surface area contributed by atoms with E-state index < -0.39 is 0 Å². The summed E-state index contributed by atoms with van der Waals surface area (Å²) in [4.78, 5) is 2.22. The van der Waals surface area contributed by atoms with Crippen molar-refractivity contribution in [3.05, 3.63) is 29.8 Å². The second-order valence-corrected chi connectivity index (χ2v) is 4.62. The lowest BCUT2D eigenvalue weighted by molar-refractivity contribution is 0.597. The SMILES string of the molecule is Cc1ccc2oc(N3CCC(N)C3)cc2c1. The minimum atomic E-state index is 0.287. The van der Waals surface area contributed by atoms with Gasteiger partial charge in [0.2, 0.25) is 0 Å². The van der Waals surface area contributed by atoms with Crippen LogP contribution < -0.4 is 10.6 Å². The van der Waals surface area contributed by atoms with Gasteiger partial charge in [0, 0.05) is 30.6 Å². The fourth-order valence-corrected chi connectivity index (χ4v) is 2.29. The molecule has 84 valence electrons. The van der Waals surface area contributed by atoms with E-state index >= 15 is 0 Å². The standard InChI is InChI=1S/C13H16N2O/c1-9-2-3-12-10(6-9)7-13(16-12)15-5-4-11(14)8-15/h2-3,6-7,11H,4-5,8,14H2,1H3. The summed E-state index contributed by atoms with van der Waals surface area (Å²) in [5.74, 6) is 0.952. The molecule has 1 saturated heterocycles. The summed E-state index contributed by atoms with van der Waals surface area (Å²) in [5.41, 5.74) is 8.12. The van der Waals surface area contributed by atoms with E-state index in [1.165, 1.54) is 10.9 Å². The van der Waals surface area contributed by atoms with Gasteiger partial charge in [-0.2, -0.15) is 0 Å². The number of nitrogens with two attached hydrogens (primary N) is 1. The Bertz CT molecular complexity index is 518. The van der Waals surface area contributed by atoms with Crippen molar-refractivity contribution in [1.29, 1.82) is 0 Å². The summed E-state index contributed by atoms with van der Waals surface area (Å²) >= 11 is 0. The average molecular weight is 216 g/mol. The molecular formula is C13H16N2O. The van der Waals surface area contributed by atoms with Crippen LogP contribution in [0.3, 0.4) is 0 Å². The van der Waals surface area contributed by atoms with Crippen LogP contribution in [0.15, 0.2) is 28.7 Å². The Morgan fingerprint density at radius 1 is 1.38 bits per heavy atom. The van der Waals surface area contributed by atoms with Crippen LogP contribution in [0.25, 0.3) is 11.0 Å². The van der Waals surface area contributed by atoms with Crippen LogP contribution in [0.5, 0.6) is 0 Å². The van der Waals surface area contributed by atoms with Gasteiger partial charge in [-0.15, -0.1) is 0 Å². The van der Waals surface area contributed by atoms with E-state index in [0.717, 1.165) is 31.0 Å². The molecule has 1 unspecified atom stereocenters. The number of aryl methyl sites for hydroxylation is 1. The van der Waals surface area contributed by atoms with Gasteiger partial charge in [0.25, 0.3) is 0 Å². The maximum absolute atomic E-state index is 5.90. The predicted octanol–water partition coefficient (Wildman–Crippen LogP) is 2.28. The number of anilines is 1. The first-order valence-electron chi connectivity index (χ1n) is 5.73. The van der Waals surface area contributed by atoms with Crippen LogP contribution in [0.4, 0.5) is 5.88 Å². The topological polar surface area (TPSA) is 42.4 Å². The van der Waals surface area contributed by atoms with Crippen molar-refractivity contribution in [2.24, 2.45) is 5.73 Å². The second-order valence-electron chi connectivity index (χ2n) is 4.62. The third-order valence-electron chi connectivity index (χ3n) is 3.20. The molecule has 1 aromatic heterocycles. The van der Waals surface area contributed by atoms with Crippen molar-refractivity contribution < 1.29 is 4.42 Å². The Labute approximate surface area is 94.8 Å². The molecule has 1 atom stereocenters. The van der Waals surface area contributed by atoms with Gasteiger partial charge < -0.3 is 15.1 Å². The van der Waals surface area contributed by atoms with E-state index in [2.05, 4.69) is 30.0 Å². The Kier molecular flexibility index (Phi) is 2.14. The number of hydrogen-bond acceptors (Lipinski definition) is 3. The van der Waals surface area contributed by atoms with Gasteiger partial charge >= 0.3 is 0 Å². The zero-order chi connectivity index (χ0) is 11.1. The van der Waals surface area contributed by atoms with Gasteiger partial charge in [0.05, 0.1) is 0 Å². The molecule has 1 aliphatic rings. The first-order valence-corrected chi connectivity index (χ1v) is 5.73. The summed E-state index contributed by atoms with van der Waals surface area (Å²) in [6.07, 6.45) is 1.05. The quantitative estimate of drug-likeness (QED) is 0.795. The lowest BCUT2D eigenvalue weighted by Crippen LogP contribution is -2.25. The Hall–Kier alpha value is -1.48.